The molecular weight excluding hydrogens is 530 g/mol. The Morgan fingerprint density at radius 3 is 2.44 bits per heavy atom. The number of aryl methyl sites for hydroxylation is 3. The lowest BCUT2D eigenvalue weighted by Gasteiger charge is -2.42. The molecule has 5 N–H and O–H groups in total. The Labute approximate surface area is 260 Å². The van der Waals surface area contributed by atoms with Gasteiger partial charge in [-0.3, -0.25) is 9.69 Å². The second-order valence-corrected chi connectivity index (χ2v) is 13.1. The standard InChI is InChI=1S/C28H43N5O.C9H12/c1-21(29)19-32-15-16-33(20-25(32)9-6-14-31-27-11-5-4-10-26(27)30)28(34)18-22-12-13-23-7-2-3-8-24(23)17-22;1-7-4-5-8(2)9(3)6-7/h2-3,7-8,12-13,17,21,25-27,31H,4-6,9-11,14-16,18-20,29-30H2,1H3;4-6H,1-3H3/t21-,25+,26?,27?;/m1./s1. The molecule has 6 nitrogen and oxygen atoms in total. The molecule has 1 amide bonds. The summed E-state index contributed by atoms with van der Waals surface area (Å²) >= 11 is 0. The molecule has 0 spiro atoms. The second kappa shape index (κ2) is 16.3. The molecule has 4 atom stereocenters. The van der Waals surface area contributed by atoms with Crippen LogP contribution in [0.5, 0.6) is 0 Å². The molecule has 234 valence electrons. The van der Waals surface area contributed by atoms with Crippen LogP contribution in [-0.4, -0.2) is 72.6 Å². The number of amides is 1. The van der Waals surface area contributed by atoms with Gasteiger partial charge in [0.15, 0.2) is 0 Å². The van der Waals surface area contributed by atoms with Gasteiger partial charge in [0.25, 0.3) is 0 Å². The van der Waals surface area contributed by atoms with Crippen LogP contribution in [0.25, 0.3) is 10.8 Å². The maximum absolute atomic E-state index is 13.2. The fourth-order valence-electron chi connectivity index (χ4n) is 6.57. The van der Waals surface area contributed by atoms with Crippen molar-refractivity contribution in [3.63, 3.8) is 0 Å². The van der Waals surface area contributed by atoms with Gasteiger partial charge in [-0.15, -0.1) is 0 Å². The van der Waals surface area contributed by atoms with E-state index in [2.05, 4.69) is 91.3 Å². The van der Waals surface area contributed by atoms with Gasteiger partial charge >= 0.3 is 0 Å². The van der Waals surface area contributed by atoms with E-state index in [4.69, 9.17) is 11.5 Å². The summed E-state index contributed by atoms with van der Waals surface area (Å²) in [5, 5.41) is 6.11. The molecule has 0 radical (unpaired) electrons. The fourth-order valence-corrected chi connectivity index (χ4v) is 6.57. The molecule has 6 heteroatoms. The third kappa shape index (κ3) is 10.1. The maximum Gasteiger partial charge on any atom is 0.227 e. The van der Waals surface area contributed by atoms with E-state index in [1.807, 2.05) is 12.1 Å². The van der Waals surface area contributed by atoms with Crippen molar-refractivity contribution < 1.29 is 4.79 Å². The maximum atomic E-state index is 13.2. The predicted molar refractivity (Wildman–Crippen MR) is 181 cm³/mol. The topological polar surface area (TPSA) is 87.6 Å². The van der Waals surface area contributed by atoms with Crippen LogP contribution in [0, 0.1) is 20.8 Å². The fraction of sp³-hybridized carbons (Fsp3) is 0.541. The van der Waals surface area contributed by atoms with E-state index < -0.39 is 0 Å². The zero-order valence-electron chi connectivity index (χ0n) is 27.0. The average Bonchev–Trinajstić information content (AvgIpc) is 2.99. The minimum absolute atomic E-state index is 0.140. The third-order valence-corrected chi connectivity index (χ3v) is 9.25. The Balaban J connectivity index is 0.000000403. The highest BCUT2D eigenvalue weighted by molar-refractivity contribution is 5.85. The van der Waals surface area contributed by atoms with E-state index in [0.29, 0.717) is 24.5 Å². The zero-order chi connectivity index (χ0) is 30.8. The number of nitrogens with two attached hydrogens (primary N) is 2. The minimum atomic E-state index is 0.140. The number of benzene rings is 3. The molecule has 43 heavy (non-hydrogen) atoms. The highest BCUT2D eigenvalue weighted by Crippen LogP contribution is 2.20. The Hall–Kier alpha value is -2.77. The summed E-state index contributed by atoms with van der Waals surface area (Å²) in [7, 11) is 0. The van der Waals surface area contributed by atoms with Crippen molar-refractivity contribution in [3.05, 3.63) is 82.9 Å². The van der Waals surface area contributed by atoms with Gasteiger partial charge in [-0.25, -0.2) is 0 Å². The number of rotatable bonds is 9. The molecule has 1 saturated carbocycles. The molecule has 3 aromatic rings. The van der Waals surface area contributed by atoms with Gasteiger partial charge in [-0.1, -0.05) is 79.1 Å². The molecule has 2 fully saturated rings. The van der Waals surface area contributed by atoms with E-state index in [1.165, 1.54) is 46.7 Å². The lowest BCUT2D eigenvalue weighted by Crippen LogP contribution is -2.57. The number of hydrogen-bond donors (Lipinski definition) is 3. The van der Waals surface area contributed by atoms with Crippen LogP contribution in [0.15, 0.2) is 60.7 Å². The molecule has 2 aliphatic rings. The van der Waals surface area contributed by atoms with Crippen molar-refractivity contribution in [2.24, 2.45) is 11.5 Å². The van der Waals surface area contributed by atoms with E-state index in [0.717, 1.165) is 57.5 Å². The number of fused-ring (bicyclic) bond motifs is 1. The van der Waals surface area contributed by atoms with Gasteiger partial charge < -0.3 is 21.7 Å². The van der Waals surface area contributed by atoms with E-state index in [9.17, 15) is 4.79 Å². The molecule has 5 rings (SSSR count). The first-order chi connectivity index (χ1) is 20.7. The van der Waals surface area contributed by atoms with E-state index >= 15 is 0 Å². The van der Waals surface area contributed by atoms with E-state index in [-0.39, 0.29) is 11.9 Å². The van der Waals surface area contributed by atoms with Crippen LogP contribution in [-0.2, 0) is 11.2 Å². The van der Waals surface area contributed by atoms with Gasteiger partial charge in [-0.2, -0.15) is 0 Å². The molecule has 1 saturated heterocycles. The number of carbonyl (C=O) groups is 1. The quantitative estimate of drug-likeness (QED) is 0.289. The number of nitrogens with zero attached hydrogens (tertiary/aromatic N) is 2. The number of hydrogen-bond acceptors (Lipinski definition) is 5. The van der Waals surface area contributed by atoms with E-state index in [1.54, 1.807) is 0 Å². The highest BCUT2D eigenvalue weighted by atomic mass is 16.2. The lowest BCUT2D eigenvalue weighted by molar-refractivity contribution is -0.133. The number of piperazine rings is 1. The molecule has 3 aromatic carbocycles. The van der Waals surface area contributed by atoms with Crippen LogP contribution >= 0.6 is 0 Å². The highest BCUT2D eigenvalue weighted by Gasteiger charge is 2.30. The summed E-state index contributed by atoms with van der Waals surface area (Å²) in [6.07, 6.45) is 7.50. The zero-order valence-corrected chi connectivity index (χ0v) is 27.0. The predicted octanol–water partition coefficient (Wildman–Crippen LogP) is 5.49. The van der Waals surface area contributed by atoms with Crippen molar-refractivity contribution in [3.8, 4) is 0 Å². The normalized spacial score (nSPS) is 21.7. The van der Waals surface area contributed by atoms with Gasteiger partial charge in [0, 0.05) is 50.3 Å². The Morgan fingerprint density at radius 2 is 1.72 bits per heavy atom. The molecule has 0 bridgehead atoms. The molecule has 1 heterocycles. The van der Waals surface area contributed by atoms with Crippen LogP contribution in [0.4, 0.5) is 0 Å². The molecule has 2 unspecified atom stereocenters. The van der Waals surface area contributed by atoms with Crippen molar-refractivity contribution in [2.75, 3.05) is 32.7 Å². The summed E-state index contributed by atoms with van der Waals surface area (Å²) in [5.41, 5.74) is 17.6. The molecule has 1 aliphatic heterocycles. The van der Waals surface area contributed by atoms with Crippen LogP contribution in [0.1, 0.15) is 67.7 Å². The monoisotopic (exact) mass is 585 g/mol. The van der Waals surface area contributed by atoms with Gasteiger partial charge in [0.05, 0.1) is 6.42 Å². The van der Waals surface area contributed by atoms with Gasteiger partial charge in [-0.05, 0) is 87.4 Å². The number of nitrogens with one attached hydrogen (secondary N) is 1. The second-order valence-electron chi connectivity index (χ2n) is 13.1. The molecule has 0 aromatic heterocycles. The first kappa shape index (κ1) is 33.1. The Bertz CT molecular complexity index is 1310. The first-order valence-electron chi connectivity index (χ1n) is 16.5. The van der Waals surface area contributed by atoms with Crippen LogP contribution in [0.2, 0.25) is 0 Å². The Kier molecular flexibility index (Phi) is 12.6. The van der Waals surface area contributed by atoms with Crippen molar-refractivity contribution in [1.29, 1.82) is 0 Å². The van der Waals surface area contributed by atoms with Crippen molar-refractivity contribution >= 4 is 16.7 Å². The van der Waals surface area contributed by atoms with Crippen LogP contribution < -0.4 is 16.8 Å². The third-order valence-electron chi connectivity index (χ3n) is 9.25. The molecular formula is C37H55N5O. The summed E-state index contributed by atoms with van der Waals surface area (Å²) in [4.78, 5) is 17.8. The summed E-state index contributed by atoms with van der Waals surface area (Å²) in [6.45, 7) is 12.8. The smallest absolute Gasteiger partial charge is 0.227 e. The van der Waals surface area contributed by atoms with Crippen LogP contribution in [0.3, 0.4) is 0 Å². The van der Waals surface area contributed by atoms with Gasteiger partial charge in [0.2, 0.25) is 5.91 Å². The van der Waals surface area contributed by atoms with Crippen molar-refractivity contribution in [2.45, 2.75) is 96.8 Å². The summed E-state index contributed by atoms with van der Waals surface area (Å²) < 4.78 is 0. The summed E-state index contributed by atoms with van der Waals surface area (Å²) in [6, 6.07) is 22.4. The van der Waals surface area contributed by atoms with Crippen molar-refractivity contribution in [1.82, 2.24) is 15.1 Å². The number of carbonyl (C=O) groups excluding carboxylic acids is 1. The SMILES string of the molecule is C[C@@H](N)CN1CCN(C(=O)Cc2ccc3ccccc3c2)C[C@@H]1CCCNC1CCCCC1N.Cc1ccc(C)c(C)c1. The van der Waals surface area contributed by atoms with Gasteiger partial charge in [0.1, 0.15) is 0 Å². The minimum Gasteiger partial charge on any atom is -0.340 e. The largest absolute Gasteiger partial charge is 0.340 e. The Morgan fingerprint density at radius 1 is 0.953 bits per heavy atom. The summed E-state index contributed by atoms with van der Waals surface area (Å²) in [5.74, 6) is 0.229. The first-order valence-corrected chi connectivity index (χ1v) is 16.5. The lowest BCUT2D eigenvalue weighted by atomic mass is 9.91. The molecule has 1 aliphatic carbocycles. The average molecular weight is 586 g/mol.